The third kappa shape index (κ3) is 3.11. The van der Waals surface area contributed by atoms with Crippen LogP contribution in [0.15, 0.2) is 65.3 Å². The second-order valence-corrected chi connectivity index (χ2v) is 7.07. The number of fused-ring (bicyclic) bond motifs is 1. The van der Waals surface area contributed by atoms with Gasteiger partial charge >= 0.3 is 0 Å². The van der Waals surface area contributed by atoms with Gasteiger partial charge in [0.2, 0.25) is 0 Å². The topological polar surface area (TPSA) is 55.1 Å². The number of piperidine rings is 1. The Hall–Kier alpha value is -3.28. The standard InChI is InChI=1S/C22H19FN4O/c23-17-6-7-18-19(14-17)28-26-21(18)15-9-12-27(13-10-15)20-8-11-24-22(25-20)16-4-2-1-3-5-16/h1-8,11,14-15H,9-10,12-13H2. The minimum atomic E-state index is -0.303. The Bertz CT molecular complexity index is 1100. The summed E-state index contributed by atoms with van der Waals surface area (Å²) in [5, 5.41) is 5.14. The molecule has 3 heterocycles. The quantitative estimate of drug-likeness (QED) is 0.515. The van der Waals surface area contributed by atoms with Crippen LogP contribution < -0.4 is 4.90 Å². The second kappa shape index (κ2) is 7.03. The fourth-order valence-corrected chi connectivity index (χ4v) is 3.86. The first-order chi connectivity index (χ1) is 13.8. The summed E-state index contributed by atoms with van der Waals surface area (Å²) in [6.45, 7) is 1.76. The molecule has 2 aromatic carbocycles. The zero-order chi connectivity index (χ0) is 18.9. The highest BCUT2D eigenvalue weighted by Crippen LogP contribution is 2.34. The first-order valence-electron chi connectivity index (χ1n) is 9.46. The molecule has 5 rings (SSSR count). The molecule has 140 valence electrons. The number of nitrogens with zero attached hydrogens (tertiary/aromatic N) is 4. The molecule has 0 aliphatic carbocycles. The van der Waals surface area contributed by atoms with Crippen molar-refractivity contribution in [2.45, 2.75) is 18.8 Å². The van der Waals surface area contributed by atoms with Crippen molar-refractivity contribution >= 4 is 16.8 Å². The van der Waals surface area contributed by atoms with E-state index in [-0.39, 0.29) is 5.82 Å². The van der Waals surface area contributed by atoms with Crippen molar-refractivity contribution in [3.63, 3.8) is 0 Å². The maximum Gasteiger partial charge on any atom is 0.170 e. The molecule has 5 nitrogen and oxygen atoms in total. The maximum atomic E-state index is 13.4. The van der Waals surface area contributed by atoms with E-state index in [4.69, 9.17) is 9.51 Å². The molecule has 0 atom stereocenters. The number of anilines is 1. The molecular weight excluding hydrogens is 355 g/mol. The Morgan fingerprint density at radius 1 is 1.00 bits per heavy atom. The predicted molar refractivity (Wildman–Crippen MR) is 106 cm³/mol. The zero-order valence-electron chi connectivity index (χ0n) is 15.3. The third-order valence-electron chi connectivity index (χ3n) is 5.34. The molecule has 0 radical (unpaired) electrons. The third-order valence-corrected chi connectivity index (χ3v) is 5.34. The lowest BCUT2D eigenvalue weighted by Crippen LogP contribution is -2.33. The van der Waals surface area contributed by atoms with E-state index in [1.54, 1.807) is 6.07 Å². The molecule has 4 aromatic rings. The van der Waals surface area contributed by atoms with Gasteiger partial charge in [0.1, 0.15) is 11.6 Å². The van der Waals surface area contributed by atoms with Gasteiger partial charge in [-0.15, -0.1) is 0 Å². The first-order valence-corrected chi connectivity index (χ1v) is 9.46. The molecule has 28 heavy (non-hydrogen) atoms. The molecule has 6 heteroatoms. The lowest BCUT2D eigenvalue weighted by atomic mass is 9.91. The fraction of sp³-hybridized carbons (Fsp3) is 0.227. The van der Waals surface area contributed by atoms with E-state index in [0.717, 1.165) is 54.2 Å². The number of aromatic nitrogens is 3. The Morgan fingerprint density at radius 2 is 1.82 bits per heavy atom. The zero-order valence-corrected chi connectivity index (χ0v) is 15.3. The molecule has 0 amide bonds. The predicted octanol–water partition coefficient (Wildman–Crippen LogP) is 4.81. The van der Waals surface area contributed by atoms with E-state index in [0.29, 0.717) is 11.5 Å². The number of halogens is 1. The summed E-state index contributed by atoms with van der Waals surface area (Å²) in [6.07, 6.45) is 3.71. The molecule has 0 saturated carbocycles. The average molecular weight is 374 g/mol. The van der Waals surface area contributed by atoms with E-state index >= 15 is 0 Å². The van der Waals surface area contributed by atoms with E-state index in [1.807, 2.05) is 42.6 Å². The van der Waals surface area contributed by atoms with Crippen LogP contribution in [0.4, 0.5) is 10.2 Å². The molecule has 1 aliphatic heterocycles. The summed E-state index contributed by atoms with van der Waals surface area (Å²) in [6, 6.07) is 16.6. The van der Waals surface area contributed by atoms with Gasteiger partial charge in [0, 0.05) is 42.2 Å². The minimum absolute atomic E-state index is 0.303. The Kier molecular flexibility index (Phi) is 4.24. The molecule has 0 unspecified atom stereocenters. The number of hydrogen-bond acceptors (Lipinski definition) is 5. The number of hydrogen-bond donors (Lipinski definition) is 0. The lowest BCUT2D eigenvalue weighted by Gasteiger charge is -2.32. The van der Waals surface area contributed by atoms with Gasteiger partial charge < -0.3 is 9.42 Å². The summed E-state index contributed by atoms with van der Waals surface area (Å²) >= 11 is 0. The maximum absolute atomic E-state index is 13.4. The van der Waals surface area contributed by atoms with Crippen molar-refractivity contribution in [2.75, 3.05) is 18.0 Å². The van der Waals surface area contributed by atoms with Gasteiger partial charge in [-0.1, -0.05) is 35.5 Å². The summed E-state index contributed by atoms with van der Waals surface area (Å²) in [4.78, 5) is 11.4. The monoisotopic (exact) mass is 374 g/mol. The van der Waals surface area contributed by atoms with Crippen molar-refractivity contribution in [2.24, 2.45) is 0 Å². The van der Waals surface area contributed by atoms with Gasteiger partial charge in [0.05, 0.1) is 5.69 Å². The number of rotatable bonds is 3. The normalized spacial score (nSPS) is 15.2. The molecule has 1 fully saturated rings. The van der Waals surface area contributed by atoms with E-state index in [2.05, 4.69) is 15.0 Å². The van der Waals surface area contributed by atoms with Gasteiger partial charge in [-0.25, -0.2) is 14.4 Å². The first kappa shape index (κ1) is 16.9. The van der Waals surface area contributed by atoms with Crippen LogP contribution in [0.2, 0.25) is 0 Å². The molecule has 2 aromatic heterocycles. The van der Waals surface area contributed by atoms with Crippen molar-refractivity contribution in [3.05, 3.63) is 72.3 Å². The van der Waals surface area contributed by atoms with Crippen LogP contribution in [0.3, 0.4) is 0 Å². The Labute approximate surface area is 161 Å². The van der Waals surface area contributed by atoms with Gasteiger partial charge in [0.15, 0.2) is 11.4 Å². The minimum Gasteiger partial charge on any atom is -0.356 e. The van der Waals surface area contributed by atoms with Crippen LogP contribution in [0.5, 0.6) is 0 Å². The van der Waals surface area contributed by atoms with Crippen LogP contribution in [0.25, 0.3) is 22.4 Å². The number of benzene rings is 2. The Balaban J connectivity index is 1.33. The van der Waals surface area contributed by atoms with Crippen LogP contribution >= 0.6 is 0 Å². The van der Waals surface area contributed by atoms with E-state index in [9.17, 15) is 4.39 Å². The van der Waals surface area contributed by atoms with Crippen LogP contribution in [-0.4, -0.2) is 28.2 Å². The molecular formula is C22H19FN4O. The van der Waals surface area contributed by atoms with E-state index < -0.39 is 0 Å². The lowest BCUT2D eigenvalue weighted by molar-refractivity contribution is 0.416. The van der Waals surface area contributed by atoms with E-state index in [1.165, 1.54) is 12.1 Å². The molecule has 0 spiro atoms. The highest BCUT2D eigenvalue weighted by atomic mass is 19.1. The van der Waals surface area contributed by atoms with Gasteiger partial charge in [-0.2, -0.15) is 0 Å². The van der Waals surface area contributed by atoms with Crippen molar-refractivity contribution < 1.29 is 8.91 Å². The van der Waals surface area contributed by atoms with Crippen LogP contribution in [0, 0.1) is 5.82 Å². The fourth-order valence-electron chi connectivity index (χ4n) is 3.86. The van der Waals surface area contributed by atoms with Crippen LogP contribution in [0.1, 0.15) is 24.5 Å². The Morgan fingerprint density at radius 3 is 2.64 bits per heavy atom. The van der Waals surface area contributed by atoms with Crippen molar-refractivity contribution in [3.8, 4) is 11.4 Å². The van der Waals surface area contributed by atoms with Crippen LogP contribution in [-0.2, 0) is 0 Å². The molecule has 1 saturated heterocycles. The highest BCUT2D eigenvalue weighted by molar-refractivity contribution is 5.80. The van der Waals surface area contributed by atoms with Gasteiger partial charge in [-0.05, 0) is 31.0 Å². The average Bonchev–Trinajstić information content (AvgIpc) is 3.17. The summed E-state index contributed by atoms with van der Waals surface area (Å²) < 4.78 is 18.7. The van der Waals surface area contributed by atoms with Crippen molar-refractivity contribution in [1.29, 1.82) is 0 Å². The van der Waals surface area contributed by atoms with Crippen molar-refractivity contribution in [1.82, 2.24) is 15.1 Å². The summed E-state index contributed by atoms with van der Waals surface area (Å²) in [5.74, 6) is 1.69. The van der Waals surface area contributed by atoms with Gasteiger partial charge in [0.25, 0.3) is 0 Å². The molecule has 1 aliphatic rings. The summed E-state index contributed by atoms with van der Waals surface area (Å²) in [7, 11) is 0. The largest absolute Gasteiger partial charge is 0.356 e. The van der Waals surface area contributed by atoms with Gasteiger partial charge in [-0.3, -0.25) is 0 Å². The highest BCUT2D eigenvalue weighted by Gasteiger charge is 2.26. The SMILES string of the molecule is Fc1ccc2c(C3CCN(c4ccnc(-c5ccccc5)n4)CC3)noc2c1. The second-order valence-electron chi connectivity index (χ2n) is 7.07. The summed E-state index contributed by atoms with van der Waals surface area (Å²) in [5.41, 5.74) is 2.46. The molecule has 0 bridgehead atoms. The smallest absolute Gasteiger partial charge is 0.170 e. The molecule has 0 N–H and O–H groups in total.